The summed E-state index contributed by atoms with van der Waals surface area (Å²) >= 11 is 0. The van der Waals surface area contributed by atoms with E-state index in [0.29, 0.717) is 23.5 Å². The van der Waals surface area contributed by atoms with E-state index in [2.05, 4.69) is 0 Å². The Balaban J connectivity index is 1.82. The number of rotatable bonds is 5. The normalized spacial score (nSPS) is 16.7. The van der Waals surface area contributed by atoms with Gasteiger partial charge in [0.05, 0.1) is 6.26 Å². The lowest BCUT2D eigenvalue weighted by Gasteiger charge is -2.31. The molecule has 0 amide bonds. The van der Waals surface area contributed by atoms with E-state index in [1.165, 1.54) is 12.1 Å². The van der Waals surface area contributed by atoms with E-state index in [4.69, 9.17) is 8.92 Å². The first-order valence-corrected chi connectivity index (χ1v) is 8.62. The Bertz CT molecular complexity index is 787. The number of hydrogen-bond donors (Lipinski definition) is 0. The van der Waals surface area contributed by atoms with Crippen molar-refractivity contribution in [3.05, 3.63) is 65.0 Å². The van der Waals surface area contributed by atoms with Gasteiger partial charge in [-0.05, 0) is 17.7 Å². The standard InChI is InChI=1S/C16H15FO4S/c1-22(18,19)21-15-9-12-13(17)7-8-14(16(12)15)20-10-11-5-3-2-4-6-11/h2-8,15H,9-10H2,1H3. The summed E-state index contributed by atoms with van der Waals surface area (Å²) < 4.78 is 46.9. The maximum Gasteiger partial charge on any atom is 0.264 e. The lowest BCUT2D eigenvalue weighted by atomic mass is 9.84. The molecule has 1 unspecified atom stereocenters. The fourth-order valence-electron chi connectivity index (χ4n) is 2.49. The lowest BCUT2D eigenvalue weighted by Crippen LogP contribution is -2.25. The monoisotopic (exact) mass is 322 g/mol. The minimum Gasteiger partial charge on any atom is -0.489 e. The van der Waals surface area contributed by atoms with Gasteiger partial charge in [0.2, 0.25) is 0 Å². The summed E-state index contributed by atoms with van der Waals surface area (Å²) in [5.74, 6) is 0.0931. The topological polar surface area (TPSA) is 52.6 Å². The molecule has 1 aliphatic carbocycles. The highest BCUT2D eigenvalue weighted by Crippen LogP contribution is 2.44. The maximum atomic E-state index is 13.7. The smallest absolute Gasteiger partial charge is 0.264 e. The largest absolute Gasteiger partial charge is 0.489 e. The van der Waals surface area contributed by atoms with E-state index >= 15 is 0 Å². The molecule has 6 heteroatoms. The zero-order valence-electron chi connectivity index (χ0n) is 12.0. The second kappa shape index (κ2) is 5.70. The van der Waals surface area contributed by atoms with Crippen molar-refractivity contribution < 1.29 is 21.7 Å². The van der Waals surface area contributed by atoms with Crippen LogP contribution in [0.4, 0.5) is 4.39 Å². The van der Waals surface area contributed by atoms with Gasteiger partial charge in [0.15, 0.2) is 0 Å². The predicted octanol–water partition coefficient (Wildman–Crippen LogP) is 2.98. The highest BCUT2D eigenvalue weighted by atomic mass is 32.2. The predicted molar refractivity (Wildman–Crippen MR) is 79.5 cm³/mol. The average molecular weight is 322 g/mol. The third-order valence-electron chi connectivity index (χ3n) is 3.50. The Morgan fingerprint density at radius 1 is 1.18 bits per heavy atom. The number of ether oxygens (including phenoxy) is 1. The first-order valence-electron chi connectivity index (χ1n) is 6.80. The summed E-state index contributed by atoms with van der Waals surface area (Å²) in [5.41, 5.74) is 1.92. The summed E-state index contributed by atoms with van der Waals surface area (Å²) in [6, 6.07) is 12.4. The van der Waals surface area contributed by atoms with Crippen molar-refractivity contribution in [1.29, 1.82) is 0 Å². The Hall–Kier alpha value is -1.92. The first kappa shape index (κ1) is 15.0. The molecule has 116 valence electrons. The van der Waals surface area contributed by atoms with Gasteiger partial charge in [-0.25, -0.2) is 4.39 Å². The number of hydrogen-bond acceptors (Lipinski definition) is 4. The summed E-state index contributed by atoms with van der Waals surface area (Å²) in [4.78, 5) is 0. The molecule has 0 aromatic heterocycles. The van der Waals surface area contributed by atoms with Gasteiger partial charge in [0.25, 0.3) is 10.1 Å². The fraction of sp³-hybridized carbons (Fsp3) is 0.250. The van der Waals surface area contributed by atoms with Gasteiger partial charge in [-0.3, -0.25) is 4.18 Å². The van der Waals surface area contributed by atoms with E-state index in [-0.39, 0.29) is 12.2 Å². The molecule has 4 nitrogen and oxygen atoms in total. The summed E-state index contributed by atoms with van der Waals surface area (Å²) in [6.45, 7) is 0.324. The molecule has 2 aromatic rings. The van der Waals surface area contributed by atoms with E-state index in [1.807, 2.05) is 30.3 Å². The van der Waals surface area contributed by atoms with Crippen molar-refractivity contribution in [3.8, 4) is 5.75 Å². The summed E-state index contributed by atoms with van der Waals surface area (Å²) in [6.07, 6.45) is 0.539. The zero-order valence-corrected chi connectivity index (χ0v) is 12.8. The second-order valence-electron chi connectivity index (χ2n) is 5.21. The number of halogens is 1. The van der Waals surface area contributed by atoms with Crippen LogP contribution in [0.1, 0.15) is 22.8 Å². The van der Waals surface area contributed by atoms with E-state index in [9.17, 15) is 12.8 Å². The molecule has 0 radical (unpaired) electrons. The molecule has 0 aliphatic heterocycles. The molecular weight excluding hydrogens is 307 g/mol. The van der Waals surface area contributed by atoms with Crippen molar-refractivity contribution in [1.82, 2.24) is 0 Å². The molecule has 0 bridgehead atoms. The quantitative estimate of drug-likeness (QED) is 0.794. The molecule has 0 saturated carbocycles. The first-order chi connectivity index (χ1) is 10.4. The molecule has 0 N–H and O–H groups in total. The third kappa shape index (κ3) is 3.13. The number of benzene rings is 2. The van der Waals surface area contributed by atoms with Crippen LogP contribution in [0.3, 0.4) is 0 Å². The molecule has 2 aromatic carbocycles. The molecule has 3 rings (SSSR count). The van der Waals surface area contributed by atoms with Gasteiger partial charge in [-0.1, -0.05) is 30.3 Å². The van der Waals surface area contributed by atoms with Crippen LogP contribution in [0, 0.1) is 5.82 Å². The fourth-order valence-corrected chi connectivity index (χ4v) is 3.07. The van der Waals surface area contributed by atoms with Gasteiger partial charge in [-0.2, -0.15) is 8.42 Å². The van der Waals surface area contributed by atoms with Crippen LogP contribution >= 0.6 is 0 Å². The van der Waals surface area contributed by atoms with E-state index in [1.54, 1.807) is 0 Å². The average Bonchev–Trinajstić information content (AvgIpc) is 2.45. The van der Waals surface area contributed by atoms with Gasteiger partial charge in [-0.15, -0.1) is 0 Å². The third-order valence-corrected chi connectivity index (χ3v) is 4.08. The molecule has 0 fully saturated rings. The lowest BCUT2D eigenvalue weighted by molar-refractivity contribution is 0.177. The van der Waals surface area contributed by atoms with Crippen molar-refractivity contribution in [2.24, 2.45) is 0 Å². The van der Waals surface area contributed by atoms with Crippen LogP contribution in [-0.4, -0.2) is 14.7 Å². The second-order valence-corrected chi connectivity index (χ2v) is 6.81. The summed E-state index contributed by atoms with van der Waals surface area (Å²) in [7, 11) is -3.60. The SMILES string of the molecule is CS(=O)(=O)OC1Cc2c(F)ccc(OCc3ccccc3)c21. The minimum absolute atomic E-state index is 0.233. The minimum atomic E-state index is -3.60. The van der Waals surface area contributed by atoms with Gasteiger partial charge in [0, 0.05) is 17.5 Å². The molecule has 1 atom stereocenters. The van der Waals surface area contributed by atoms with Crippen LogP contribution in [0.2, 0.25) is 0 Å². The Morgan fingerprint density at radius 2 is 1.91 bits per heavy atom. The molecule has 22 heavy (non-hydrogen) atoms. The van der Waals surface area contributed by atoms with Crippen LogP contribution in [0.15, 0.2) is 42.5 Å². The molecule has 0 saturated heterocycles. The van der Waals surface area contributed by atoms with Crippen molar-refractivity contribution in [2.45, 2.75) is 19.1 Å². The van der Waals surface area contributed by atoms with Crippen LogP contribution in [0.25, 0.3) is 0 Å². The highest BCUT2D eigenvalue weighted by Gasteiger charge is 2.36. The maximum absolute atomic E-state index is 13.7. The van der Waals surface area contributed by atoms with E-state index < -0.39 is 16.2 Å². The molecule has 0 heterocycles. The van der Waals surface area contributed by atoms with Crippen molar-refractivity contribution in [2.75, 3.05) is 6.26 Å². The molecule has 1 aliphatic rings. The van der Waals surface area contributed by atoms with Crippen LogP contribution in [-0.2, 0) is 27.3 Å². The van der Waals surface area contributed by atoms with Crippen molar-refractivity contribution in [3.63, 3.8) is 0 Å². The van der Waals surface area contributed by atoms with Gasteiger partial charge in [0.1, 0.15) is 24.3 Å². The Morgan fingerprint density at radius 3 is 2.59 bits per heavy atom. The highest BCUT2D eigenvalue weighted by molar-refractivity contribution is 7.86. The molecule has 0 spiro atoms. The van der Waals surface area contributed by atoms with E-state index in [0.717, 1.165) is 11.8 Å². The molecular formula is C16H15FO4S. The van der Waals surface area contributed by atoms with Crippen molar-refractivity contribution >= 4 is 10.1 Å². The summed E-state index contributed by atoms with van der Waals surface area (Å²) in [5, 5.41) is 0. The number of fused-ring (bicyclic) bond motifs is 1. The Labute approximate surface area is 128 Å². The zero-order chi connectivity index (χ0) is 15.7. The van der Waals surface area contributed by atoms with Gasteiger partial charge >= 0.3 is 0 Å². The van der Waals surface area contributed by atoms with Crippen LogP contribution < -0.4 is 4.74 Å². The van der Waals surface area contributed by atoms with Crippen LogP contribution in [0.5, 0.6) is 5.75 Å². The van der Waals surface area contributed by atoms with Gasteiger partial charge < -0.3 is 4.74 Å². The Kier molecular flexibility index (Phi) is 3.88.